The maximum Gasteiger partial charge on any atom is 0.265 e. The van der Waals surface area contributed by atoms with E-state index in [1.165, 1.54) is 0 Å². The zero-order valence-electron chi connectivity index (χ0n) is 23.7. The van der Waals surface area contributed by atoms with Crippen molar-refractivity contribution in [3.8, 4) is 0 Å². The number of alkyl halides is 3. The van der Waals surface area contributed by atoms with Crippen LogP contribution in [0, 0.1) is 0 Å². The first-order valence-corrected chi connectivity index (χ1v) is 14.3. The third kappa shape index (κ3) is 7.39. The summed E-state index contributed by atoms with van der Waals surface area (Å²) in [6.07, 6.45) is 4.11. The number of rotatable bonds is 11. The Kier molecular flexibility index (Phi) is 10.1. The summed E-state index contributed by atoms with van der Waals surface area (Å²) in [5, 5.41) is 11.6. The largest absolute Gasteiger partial charge is 0.421 e. The fourth-order valence-electron chi connectivity index (χ4n) is 6.13. The van der Waals surface area contributed by atoms with Gasteiger partial charge in [-0.25, -0.2) is 13.2 Å². The van der Waals surface area contributed by atoms with Crippen molar-refractivity contribution in [2.45, 2.75) is 95.0 Å². The summed E-state index contributed by atoms with van der Waals surface area (Å²) in [4.78, 5) is 6.34. The molecular formula is C29H46F3N4O3+. The molecule has 3 N–H and O–H groups in total. The van der Waals surface area contributed by atoms with E-state index in [0.29, 0.717) is 25.6 Å². The van der Waals surface area contributed by atoms with Crippen LogP contribution in [0.2, 0.25) is 0 Å². The Morgan fingerprint density at radius 3 is 2.49 bits per heavy atom. The molecule has 0 radical (unpaired) electrons. The molecule has 3 aliphatic rings. The summed E-state index contributed by atoms with van der Waals surface area (Å²) in [6.45, 7) is 5.02. The van der Waals surface area contributed by atoms with Crippen molar-refractivity contribution in [1.82, 2.24) is 15.1 Å². The fraction of sp³-hybridized carbons (Fsp3) is 0.724. The first kappa shape index (κ1) is 30.0. The monoisotopic (exact) mass is 555 g/mol. The lowest BCUT2D eigenvalue weighted by Crippen LogP contribution is -2.46. The van der Waals surface area contributed by atoms with Crippen LogP contribution in [0.15, 0.2) is 36.2 Å². The van der Waals surface area contributed by atoms with Gasteiger partial charge in [0.2, 0.25) is 0 Å². The summed E-state index contributed by atoms with van der Waals surface area (Å²) < 4.78 is 53.2. The quantitative estimate of drug-likeness (QED) is 0.409. The normalized spacial score (nSPS) is 28.8. The number of methoxy groups -OCH3 is 1. The number of hydrogen-bond acceptors (Lipinski definition) is 6. The molecule has 1 aromatic rings. The van der Waals surface area contributed by atoms with Gasteiger partial charge in [0.25, 0.3) is 12.2 Å². The minimum absolute atomic E-state index is 0.0290. The number of benzene rings is 1. The minimum Gasteiger partial charge on any atom is -0.421 e. The predicted octanol–water partition coefficient (Wildman–Crippen LogP) is 4.37. The zero-order valence-corrected chi connectivity index (χ0v) is 23.7. The van der Waals surface area contributed by atoms with Crippen LogP contribution >= 0.6 is 0 Å². The van der Waals surface area contributed by atoms with Gasteiger partial charge in [0.15, 0.2) is 0 Å². The van der Waals surface area contributed by atoms with Gasteiger partial charge in [0.1, 0.15) is 12.8 Å². The second-order valence-corrected chi connectivity index (χ2v) is 11.3. The Labute approximate surface area is 230 Å². The molecule has 39 heavy (non-hydrogen) atoms. The molecule has 0 bridgehead atoms. The molecule has 0 spiro atoms. The molecule has 1 aromatic carbocycles. The van der Waals surface area contributed by atoms with Crippen LogP contribution in [-0.4, -0.2) is 91.9 Å². The summed E-state index contributed by atoms with van der Waals surface area (Å²) in [7, 11) is 3.71. The van der Waals surface area contributed by atoms with Crippen molar-refractivity contribution in [3.05, 3.63) is 41.7 Å². The van der Waals surface area contributed by atoms with E-state index in [4.69, 9.17) is 14.6 Å². The molecule has 0 aliphatic carbocycles. The summed E-state index contributed by atoms with van der Waals surface area (Å²) in [6, 6.07) is 7.51. The highest BCUT2D eigenvalue weighted by Crippen LogP contribution is 2.34. The van der Waals surface area contributed by atoms with E-state index >= 15 is 0 Å². The van der Waals surface area contributed by atoms with E-state index in [0.717, 1.165) is 42.8 Å². The van der Waals surface area contributed by atoms with Gasteiger partial charge in [-0.2, -0.15) is 0 Å². The van der Waals surface area contributed by atoms with Gasteiger partial charge in [-0.3, -0.25) is 0 Å². The summed E-state index contributed by atoms with van der Waals surface area (Å²) in [5.41, 5.74) is 2.83. The van der Waals surface area contributed by atoms with Crippen LogP contribution in [0.25, 0.3) is 0 Å². The summed E-state index contributed by atoms with van der Waals surface area (Å²) in [5.74, 6) is -2.58. The molecule has 3 heterocycles. The highest BCUT2D eigenvalue weighted by molar-refractivity contribution is 5.48. The minimum atomic E-state index is -2.58. The molecule has 7 nitrogen and oxygen atoms in total. The van der Waals surface area contributed by atoms with E-state index in [9.17, 15) is 13.2 Å². The molecule has 2 saturated heterocycles. The summed E-state index contributed by atoms with van der Waals surface area (Å²) >= 11 is 0. The zero-order chi connectivity index (χ0) is 28.2. The van der Waals surface area contributed by atoms with Crippen molar-refractivity contribution in [2.75, 3.05) is 45.4 Å². The second kappa shape index (κ2) is 13.1. The topological polar surface area (TPSA) is 63.1 Å². The number of hydrogen-bond donors (Lipinski definition) is 1. The first-order chi connectivity index (χ1) is 18.6. The van der Waals surface area contributed by atoms with Crippen molar-refractivity contribution in [2.24, 2.45) is 0 Å². The van der Waals surface area contributed by atoms with Gasteiger partial charge >= 0.3 is 0 Å². The number of halogens is 3. The van der Waals surface area contributed by atoms with Crippen molar-refractivity contribution in [1.29, 1.82) is 0 Å². The molecule has 6 atom stereocenters. The third-order valence-electron chi connectivity index (χ3n) is 8.47. The maximum absolute atomic E-state index is 14.6. The lowest BCUT2D eigenvalue weighted by atomic mass is 10.00. The van der Waals surface area contributed by atoms with E-state index in [1.807, 2.05) is 42.3 Å². The standard InChI is InChI=1S/C29H45F3N4O3/c1-5-26-33-22(10-13-34(3)24-16-20(2)39-27(37)17-24)19-36(26)25(18-30)28(38-4)21-6-8-23(9-7-21)35-14-11-29(31,32)12-15-35/h6-9,19-20,24-28,33,37H,5,10-18H2,1-4H3/p+1/t20-,24+,25-,26?,27-,28-/m1/s1. The Bertz CT molecular complexity index is 930. The van der Waals surface area contributed by atoms with Gasteiger partial charge in [-0.05, 0) is 44.5 Å². The Morgan fingerprint density at radius 2 is 1.90 bits per heavy atom. The van der Waals surface area contributed by atoms with Crippen molar-refractivity contribution >= 4 is 5.69 Å². The molecule has 3 aliphatic heterocycles. The van der Waals surface area contributed by atoms with Crippen molar-refractivity contribution in [3.63, 3.8) is 0 Å². The Hall–Kier alpha value is -2.01. The molecule has 2 fully saturated rings. The Balaban J connectivity index is 1.41. The van der Waals surface area contributed by atoms with Crippen LogP contribution < -0.4 is 10.2 Å². The maximum atomic E-state index is 14.6. The smallest absolute Gasteiger partial charge is 0.265 e. The van der Waals surface area contributed by atoms with Crippen LogP contribution in [0.5, 0.6) is 0 Å². The fourth-order valence-corrected chi connectivity index (χ4v) is 6.13. The van der Waals surface area contributed by atoms with E-state index in [-0.39, 0.29) is 25.1 Å². The van der Waals surface area contributed by atoms with E-state index < -0.39 is 31.0 Å². The average molecular weight is 556 g/mol. The molecule has 4 rings (SSSR count). The number of nitrogens with one attached hydrogen (secondary N) is 1. The van der Waals surface area contributed by atoms with Crippen LogP contribution in [0.3, 0.4) is 0 Å². The molecule has 0 aromatic heterocycles. The van der Waals surface area contributed by atoms with Gasteiger partial charge in [-0.1, -0.05) is 19.1 Å². The molecule has 0 amide bonds. The van der Waals surface area contributed by atoms with Gasteiger partial charge in [0.05, 0.1) is 24.7 Å². The molecule has 1 unspecified atom stereocenters. The SMILES string of the molecule is CCC1NC(CCN(C)[C@H]2C[C@@H](C)O[C@@H]([OH2+])C2)=CN1[C@H](CF)[C@H](OC)c1ccc(N2CCC(F)(F)CC2)cc1. The molecule has 220 valence electrons. The van der Waals surface area contributed by atoms with Crippen LogP contribution in [0.1, 0.15) is 64.0 Å². The highest BCUT2D eigenvalue weighted by atomic mass is 19.3. The predicted molar refractivity (Wildman–Crippen MR) is 148 cm³/mol. The number of anilines is 1. The molecule has 0 saturated carbocycles. The molecule has 10 heteroatoms. The lowest BCUT2D eigenvalue weighted by Gasteiger charge is -2.36. The van der Waals surface area contributed by atoms with Crippen LogP contribution in [-0.2, 0) is 9.47 Å². The molecular weight excluding hydrogens is 509 g/mol. The number of piperidine rings is 1. The second-order valence-electron chi connectivity index (χ2n) is 11.3. The van der Waals surface area contributed by atoms with Crippen LogP contribution in [0.4, 0.5) is 18.9 Å². The number of ether oxygens (including phenoxy) is 2. The third-order valence-corrected chi connectivity index (χ3v) is 8.47. The van der Waals surface area contributed by atoms with Crippen molar-refractivity contribution < 1.29 is 27.8 Å². The van der Waals surface area contributed by atoms with Gasteiger partial charge < -0.3 is 34.6 Å². The van der Waals surface area contributed by atoms with E-state index in [2.05, 4.69) is 29.1 Å². The van der Waals surface area contributed by atoms with E-state index in [1.54, 1.807) is 7.11 Å². The number of nitrogens with zero attached hydrogens (tertiary/aromatic N) is 3. The van der Waals surface area contributed by atoms with Gasteiger partial charge in [-0.15, -0.1) is 0 Å². The first-order valence-electron chi connectivity index (χ1n) is 14.3. The average Bonchev–Trinajstić information content (AvgIpc) is 3.33. The Morgan fingerprint density at radius 1 is 1.21 bits per heavy atom. The van der Waals surface area contributed by atoms with Gasteiger partial charge in [0, 0.05) is 69.6 Å². The highest BCUT2D eigenvalue weighted by Gasteiger charge is 2.37. The lowest BCUT2D eigenvalue weighted by molar-refractivity contribution is -0.173.